The first-order valence-electron chi connectivity index (χ1n) is 21.9. The molecule has 0 unspecified atom stereocenters. The molecule has 0 atom stereocenters. The Hall–Kier alpha value is -7.62. The molecule has 0 amide bonds. The lowest BCUT2D eigenvalue weighted by Gasteiger charge is -2.46. The molecule has 0 radical (unpaired) electrons. The highest BCUT2D eigenvalue weighted by molar-refractivity contribution is 7.20. The van der Waals surface area contributed by atoms with Crippen LogP contribution in [0.1, 0.15) is 65.4 Å². The standard InChI is InChI=1S/C32H12BF24.C19H15FNO2/c34-25(35,36)13-1-14(26(37,38)39)6-21(5-13)33(22-7-15(27(40,41)42)2-16(8-22)28(43,44)45,23-9-17(29(46,47)48)3-18(10-23)30(49,50)51)24-11-19(31(52,53)54)4-20(12-24)32(55,56)57;20-12-18(22)17-11-10-14-6-4-5-9-16(14)21(17)13-19(23)15-7-2-1-3-8-15/h1-12H;1-11H,12-13H2/q-1;+1. The van der Waals surface area contributed by atoms with E-state index in [0.717, 1.165) is 10.9 Å². The Balaban J connectivity index is 0.000000370. The Morgan fingerprint density at radius 3 is 0.887 bits per heavy atom. The van der Waals surface area contributed by atoms with Crippen LogP contribution in [0.2, 0.25) is 0 Å². The molecule has 3 nitrogen and oxygen atoms in total. The zero-order chi connectivity index (χ0) is 60.1. The van der Waals surface area contributed by atoms with Crippen LogP contribution in [0, 0.1) is 0 Å². The summed E-state index contributed by atoms with van der Waals surface area (Å²) in [5.41, 5.74) is -28.7. The van der Waals surface area contributed by atoms with E-state index in [1.54, 1.807) is 41.0 Å². The monoisotopic (exact) mass is 1170 g/mol. The Bertz CT molecular complexity index is 3000. The molecule has 1 heterocycles. The lowest BCUT2D eigenvalue weighted by molar-refractivity contribution is -0.659. The van der Waals surface area contributed by atoms with Gasteiger partial charge in [0.05, 0.1) is 44.5 Å². The Morgan fingerprint density at radius 1 is 0.338 bits per heavy atom. The van der Waals surface area contributed by atoms with Crippen LogP contribution in [0.4, 0.5) is 110 Å². The number of nitrogens with zero attached hydrogens (tertiary/aromatic N) is 1. The van der Waals surface area contributed by atoms with Crippen LogP contribution in [-0.2, 0) is 56.0 Å². The minimum absolute atomic E-state index is 0.00750. The van der Waals surface area contributed by atoms with Gasteiger partial charge in [-0.25, -0.2) is 4.39 Å². The van der Waals surface area contributed by atoms with E-state index < -0.39 is 207 Å². The van der Waals surface area contributed by atoms with Crippen molar-refractivity contribution in [3.8, 4) is 0 Å². The van der Waals surface area contributed by atoms with Gasteiger partial charge >= 0.3 is 49.4 Å². The fraction of sp³-hybridized carbons (Fsp3) is 0.196. The summed E-state index contributed by atoms with van der Waals surface area (Å²) in [7, 11) is 0. The number of fused-ring (bicyclic) bond motifs is 1. The average Bonchev–Trinajstić information content (AvgIpc) is 3.35. The summed E-state index contributed by atoms with van der Waals surface area (Å²) in [5.74, 6) is -0.753. The largest absolute Gasteiger partial charge is 0.416 e. The highest BCUT2D eigenvalue weighted by atomic mass is 19.4. The summed E-state index contributed by atoms with van der Waals surface area (Å²) in [5, 5.41) is 0.892. The van der Waals surface area contributed by atoms with Gasteiger partial charge in [0.1, 0.15) is 6.15 Å². The third-order valence-corrected chi connectivity index (χ3v) is 12.2. The van der Waals surface area contributed by atoms with Gasteiger partial charge in [-0.3, -0.25) is 9.59 Å². The lowest BCUT2D eigenvalue weighted by atomic mass is 9.12. The summed E-state index contributed by atoms with van der Waals surface area (Å²) >= 11 is 0. The van der Waals surface area contributed by atoms with Gasteiger partial charge in [-0.15, -0.1) is 0 Å². The maximum absolute atomic E-state index is 14.2. The number of ketones is 2. The van der Waals surface area contributed by atoms with Crippen LogP contribution >= 0.6 is 0 Å². The second-order valence-corrected chi connectivity index (χ2v) is 17.4. The van der Waals surface area contributed by atoms with E-state index in [1.165, 1.54) is 0 Å². The van der Waals surface area contributed by atoms with Crippen LogP contribution in [0.25, 0.3) is 10.9 Å². The van der Waals surface area contributed by atoms with Crippen LogP contribution in [-0.4, -0.2) is 24.4 Å². The molecule has 29 heteroatoms. The topological polar surface area (TPSA) is 38.0 Å². The van der Waals surface area contributed by atoms with E-state index in [9.17, 15) is 119 Å². The first-order valence-corrected chi connectivity index (χ1v) is 21.9. The Labute approximate surface area is 431 Å². The number of Topliss-reactive ketones (excluding diaryl/α,β-unsaturated/α-hetero) is 2. The van der Waals surface area contributed by atoms with Crippen molar-refractivity contribution in [1.82, 2.24) is 0 Å². The molecule has 7 rings (SSSR count). The van der Waals surface area contributed by atoms with Crippen LogP contribution in [0.5, 0.6) is 0 Å². The van der Waals surface area contributed by atoms with Gasteiger partial charge in [0.25, 0.3) is 11.5 Å². The van der Waals surface area contributed by atoms with E-state index in [-0.39, 0.29) is 18.0 Å². The fourth-order valence-electron chi connectivity index (χ4n) is 8.67. The molecular weight excluding hydrogens is 1140 g/mol. The zero-order valence-electron chi connectivity index (χ0n) is 39.0. The molecule has 0 spiro atoms. The molecule has 426 valence electrons. The maximum atomic E-state index is 14.2. The lowest BCUT2D eigenvalue weighted by Crippen LogP contribution is -2.75. The van der Waals surface area contributed by atoms with Crippen molar-refractivity contribution in [3.05, 3.63) is 195 Å². The smallest absolute Gasteiger partial charge is 0.287 e. The molecule has 7 aromatic rings. The van der Waals surface area contributed by atoms with Gasteiger partial charge < -0.3 is 0 Å². The second kappa shape index (κ2) is 21.5. The van der Waals surface area contributed by atoms with Gasteiger partial charge in [-0.1, -0.05) is 91.0 Å². The second-order valence-electron chi connectivity index (χ2n) is 17.4. The number of pyridine rings is 1. The Kier molecular flexibility index (Phi) is 16.5. The van der Waals surface area contributed by atoms with Gasteiger partial charge in [0.2, 0.25) is 17.8 Å². The molecule has 0 fully saturated rings. The summed E-state index contributed by atoms with van der Waals surface area (Å²) < 4.78 is 355. The van der Waals surface area contributed by atoms with Crippen molar-refractivity contribution in [3.63, 3.8) is 0 Å². The predicted octanol–water partition coefficient (Wildman–Crippen LogP) is 14.4. The molecule has 1 aromatic heterocycles. The molecular formula is C51H27BF25NO2. The molecule has 0 aliphatic carbocycles. The van der Waals surface area contributed by atoms with Crippen LogP contribution in [0.15, 0.2) is 140 Å². The number of benzene rings is 6. The van der Waals surface area contributed by atoms with E-state index in [4.69, 9.17) is 0 Å². The summed E-state index contributed by atoms with van der Waals surface area (Å²) in [6.45, 7) is -1.09. The predicted molar refractivity (Wildman–Crippen MR) is 235 cm³/mol. The van der Waals surface area contributed by atoms with E-state index in [1.807, 2.05) is 30.3 Å². The molecule has 0 bridgehead atoms. The van der Waals surface area contributed by atoms with Crippen molar-refractivity contribution in [2.45, 2.75) is 56.0 Å². The van der Waals surface area contributed by atoms with Crippen molar-refractivity contribution in [1.29, 1.82) is 0 Å². The average molecular weight is 1170 g/mol. The summed E-state index contributed by atoms with van der Waals surface area (Å²) in [6, 6.07) is 10.8. The highest BCUT2D eigenvalue weighted by Gasteiger charge is 2.47. The number of hydrogen-bond acceptors (Lipinski definition) is 2. The normalized spacial score (nSPS) is 13.3. The van der Waals surface area contributed by atoms with E-state index >= 15 is 0 Å². The third kappa shape index (κ3) is 13.5. The van der Waals surface area contributed by atoms with Crippen molar-refractivity contribution < 1.29 is 124 Å². The third-order valence-electron chi connectivity index (χ3n) is 12.2. The maximum Gasteiger partial charge on any atom is 0.416 e. The first-order chi connectivity index (χ1) is 36.5. The van der Waals surface area contributed by atoms with Crippen molar-refractivity contribution >= 4 is 50.5 Å². The summed E-state index contributed by atoms with van der Waals surface area (Å²) in [6.07, 6.45) is -54.8. The summed E-state index contributed by atoms with van der Waals surface area (Å²) in [4.78, 5) is 24.4. The first kappa shape index (κ1) is 61.6. The van der Waals surface area contributed by atoms with Gasteiger partial charge in [-0.05, 0) is 36.4 Å². The van der Waals surface area contributed by atoms with Crippen molar-refractivity contribution in [2.24, 2.45) is 0 Å². The molecule has 0 N–H and O–H groups in total. The van der Waals surface area contributed by atoms with E-state index in [2.05, 4.69) is 0 Å². The minimum Gasteiger partial charge on any atom is -0.287 e. The number of carbonyl (C=O) groups is 2. The molecule has 0 saturated heterocycles. The zero-order valence-corrected chi connectivity index (χ0v) is 39.0. The minimum atomic E-state index is -6.13. The van der Waals surface area contributed by atoms with E-state index in [0.29, 0.717) is 5.56 Å². The molecule has 0 aliphatic rings. The number of aromatic nitrogens is 1. The SMILES string of the molecule is FC(F)(F)c1cc([B-](c2cc(C(F)(F)F)cc(C(F)(F)F)c2)(c2cc(C(F)(F)F)cc(C(F)(F)F)c2)c2cc(C(F)(F)F)cc(C(F)(F)F)c2)cc(C(F)(F)F)c1.O=C(C[n+]1c(C(=O)CF)ccc2ccccc21)c1ccccc1. The van der Waals surface area contributed by atoms with Crippen LogP contribution in [0.3, 0.4) is 0 Å². The number of hydrogen-bond donors (Lipinski definition) is 0. The molecule has 0 saturated carbocycles. The number of para-hydroxylation sites is 1. The van der Waals surface area contributed by atoms with Gasteiger partial charge in [0, 0.05) is 23.1 Å². The number of carbonyl (C=O) groups excluding carboxylic acids is 2. The highest BCUT2D eigenvalue weighted by Crippen LogP contribution is 2.41. The molecule has 0 aliphatic heterocycles. The van der Waals surface area contributed by atoms with Gasteiger partial charge in [0.15, 0.2) is 6.67 Å². The number of rotatable bonds is 9. The quantitative estimate of drug-likeness (QED) is 0.0625. The fourth-order valence-corrected chi connectivity index (χ4v) is 8.67. The number of alkyl halides is 25. The molecule has 80 heavy (non-hydrogen) atoms. The molecule has 6 aromatic carbocycles. The van der Waals surface area contributed by atoms with Crippen LogP contribution < -0.4 is 26.4 Å². The van der Waals surface area contributed by atoms with Gasteiger partial charge in [-0.2, -0.15) is 132 Å². The number of halogens is 25. The Morgan fingerprint density at radius 2 is 0.613 bits per heavy atom. The van der Waals surface area contributed by atoms with Crippen molar-refractivity contribution in [2.75, 3.05) is 6.67 Å².